The van der Waals surface area contributed by atoms with E-state index >= 15 is 0 Å². The van der Waals surface area contributed by atoms with Crippen LogP contribution in [0.2, 0.25) is 0 Å². The summed E-state index contributed by atoms with van der Waals surface area (Å²) < 4.78 is 15.9. The zero-order chi connectivity index (χ0) is 29.1. The molecule has 0 saturated carbocycles. The summed E-state index contributed by atoms with van der Waals surface area (Å²) in [6.45, 7) is 7.70. The van der Waals surface area contributed by atoms with Crippen LogP contribution in [0, 0.1) is 6.92 Å². The fourth-order valence-electron chi connectivity index (χ4n) is 3.70. The molecule has 40 heavy (non-hydrogen) atoms. The van der Waals surface area contributed by atoms with Gasteiger partial charge in [-0.05, 0) is 85.5 Å². The molecule has 2 N–H and O–H groups in total. The molecule has 0 aliphatic carbocycles. The van der Waals surface area contributed by atoms with E-state index in [4.69, 9.17) is 14.2 Å². The Hall–Kier alpha value is -4.66. The van der Waals surface area contributed by atoms with Gasteiger partial charge in [0, 0.05) is 17.8 Å². The summed E-state index contributed by atoms with van der Waals surface area (Å²) in [6.07, 6.45) is -0.283. The second kappa shape index (κ2) is 14.5. The molecule has 2 amide bonds. The third kappa shape index (κ3) is 9.27. The normalized spacial score (nSPS) is 10.5. The van der Waals surface area contributed by atoms with Crippen LogP contribution in [0.5, 0.6) is 11.5 Å². The Morgan fingerprint density at radius 1 is 0.775 bits per heavy atom. The molecule has 0 bridgehead atoms. The standard InChI is InChI=1S/C31H34N2O7/c1-5-38-31(37)22-7-9-23(10-8-22)33-29(35)19-39-30(36)17-16-28(34)32-24-11-13-25(14-12-24)40-27-18-21(4)6-15-26(27)20(2)3/h6-15,18,20H,5,16-17,19H2,1-4H3,(H,32,34)(H,33,35). The molecule has 0 aliphatic rings. The number of hydrogen-bond donors (Lipinski definition) is 2. The van der Waals surface area contributed by atoms with Gasteiger partial charge < -0.3 is 24.8 Å². The summed E-state index contributed by atoms with van der Waals surface area (Å²) in [6, 6.07) is 19.2. The minimum Gasteiger partial charge on any atom is -0.462 e. The zero-order valence-electron chi connectivity index (χ0n) is 23.1. The van der Waals surface area contributed by atoms with Gasteiger partial charge >= 0.3 is 11.9 Å². The van der Waals surface area contributed by atoms with Gasteiger partial charge in [-0.1, -0.05) is 26.0 Å². The third-order valence-electron chi connectivity index (χ3n) is 5.76. The van der Waals surface area contributed by atoms with Crippen LogP contribution in [-0.2, 0) is 23.9 Å². The van der Waals surface area contributed by atoms with E-state index in [0.717, 1.165) is 16.9 Å². The Labute approximate surface area is 233 Å². The molecule has 9 nitrogen and oxygen atoms in total. The summed E-state index contributed by atoms with van der Waals surface area (Å²) in [4.78, 5) is 48.0. The molecule has 0 heterocycles. The minimum atomic E-state index is -0.675. The van der Waals surface area contributed by atoms with Gasteiger partial charge in [0.1, 0.15) is 11.5 Å². The fraction of sp³-hybridized carbons (Fsp3) is 0.290. The predicted molar refractivity (Wildman–Crippen MR) is 152 cm³/mol. The van der Waals surface area contributed by atoms with E-state index in [1.54, 1.807) is 43.3 Å². The lowest BCUT2D eigenvalue weighted by atomic mass is 10.0. The first-order chi connectivity index (χ1) is 19.1. The number of nitrogens with one attached hydrogen (secondary N) is 2. The van der Waals surface area contributed by atoms with E-state index in [9.17, 15) is 19.2 Å². The molecular weight excluding hydrogens is 512 g/mol. The number of rotatable bonds is 12. The first-order valence-corrected chi connectivity index (χ1v) is 13.1. The number of aryl methyl sites for hydroxylation is 1. The van der Waals surface area contributed by atoms with Crippen LogP contribution in [0.3, 0.4) is 0 Å². The molecule has 0 aromatic heterocycles. The van der Waals surface area contributed by atoms with Crippen molar-refractivity contribution in [2.24, 2.45) is 0 Å². The summed E-state index contributed by atoms with van der Waals surface area (Å²) >= 11 is 0. The summed E-state index contributed by atoms with van der Waals surface area (Å²) in [5.74, 6) is -0.291. The molecule has 9 heteroatoms. The van der Waals surface area contributed by atoms with Crippen LogP contribution in [0.15, 0.2) is 66.7 Å². The van der Waals surface area contributed by atoms with Crippen molar-refractivity contribution in [3.63, 3.8) is 0 Å². The van der Waals surface area contributed by atoms with Crippen molar-refractivity contribution in [2.75, 3.05) is 23.8 Å². The first kappa shape index (κ1) is 29.9. The highest BCUT2D eigenvalue weighted by Crippen LogP contribution is 2.32. The van der Waals surface area contributed by atoms with Crippen LogP contribution < -0.4 is 15.4 Å². The molecule has 0 fully saturated rings. The average molecular weight is 547 g/mol. The molecule has 3 rings (SSSR count). The van der Waals surface area contributed by atoms with Gasteiger partial charge in [0.15, 0.2) is 6.61 Å². The second-order valence-corrected chi connectivity index (χ2v) is 9.38. The number of esters is 2. The number of hydrogen-bond acceptors (Lipinski definition) is 7. The van der Waals surface area contributed by atoms with E-state index in [1.807, 2.05) is 13.0 Å². The molecule has 3 aromatic carbocycles. The van der Waals surface area contributed by atoms with Crippen molar-refractivity contribution in [3.05, 3.63) is 83.4 Å². The quantitative estimate of drug-likeness (QED) is 0.268. The Morgan fingerprint density at radius 2 is 1.40 bits per heavy atom. The smallest absolute Gasteiger partial charge is 0.338 e. The number of anilines is 2. The number of carbonyl (C=O) groups excluding carboxylic acids is 4. The number of benzene rings is 3. The highest BCUT2D eigenvalue weighted by molar-refractivity contribution is 5.95. The molecule has 210 valence electrons. The van der Waals surface area contributed by atoms with Crippen LogP contribution in [-0.4, -0.2) is 37.0 Å². The van der Waals surface area contributed by atoms with Crippen molar-refractivity contribution in [1.82, 2.24) is 0 Å². The van der Waals surface area contributed by atoms with E-state index in [1.165, 1.54) is 12.1 Å². The number of ether oxygens (including phenoxy) is 3. The van der Waals surface area contributed by atoms with Crippen molar-refractivity contribution in [1.29, 1.82) is 0 Å². The number of carbonyl (C=O) groups is 4. The molecule has 0 atom stereocenters. The van der Waals surface area contributed by atoms with Crippen molar-refractivity contribution in [3.8, 4) is 11.5 Å². The average Bonchev–Trinajstić information content (AvgIpc) is 2.92. The lowest BCUT2D eigenvalue weighted by Gasteiger charge is -2.15. The Morgan fingerprint density at radius 3 is 2.02 bits per heavy atom. The lowest BCUT2D eigenvalue weighted by Crippen LogP contribution is -2.21. The molecular formula is C31H34N2O7. The van der Waals surface area contributed by atoms with Gasteiger partial charge in [-0.15, -0.1) is 0 Å². The molecule has 0 aliphatic heterocycles. The summed E-state index contributed by atoms with van der Waals surface area (Å²) in [5.41, 5.74) is 3.56. The van der Waals surface area contributed by atoms with E-state index in [2.05, 4.69) is 36.6 Å². The molecule has 0 spiro atoms. The lowest BCUT2D eigenvalue weighted by molar-refractivity contribution is -0.147. The Balaban J connectivity index is 1.39. The van der Waals surface area contributed by atoms with Gasteiger partial charge in [0.25, 0.3) is 5.91 Å². The van der Waals surface area contributed by atoms with E-state index < -0.39 is 24.5 Å². The van der Waals surface area contributed by atoms with Gasteiger partial charge in [-0.2, -0.15) is 0 Å². The molecule has 0 radical (unpaired) electrons. The fourth-order valence-corrected chi connectivity index (χ4v) is 3.70. The maximum Gasteiger partial charge on any atom is 0.338 e. The van der Waals surface area contributed by atoms with E-state index in [0.29, 0.717) is 28.6 Å². The highest BCUT2D eigenvalue weighted by atomic mass is 16.5. The summed E-state index contributed by atoms with van der Waals surface area (Å²) in [7, 11) is 0. The molecule has 3 aromatic rings. The second-order valence-electron chi connectivity index (χ2n) is 9.38. The monoisotopic (exact) mass is 546 g/mol. The Bertz CT molecular complexity index is 1330. The number of amides is 2. The third-order valence-corrected chi connectivity index (χ3v) is 5.76. The van der Waals surface area contributed by atoms with Gasteiger partial charge in [0.05, 0.1) is 18.6 Å². The highest BCUT2D eigenvalue weighted by Gasteiger charge is 2.13. The van der Waals surface area contributed by atoms with Crippen LogP contribution >= 0.6 is 0 Å². The van der Waals surface area contributed by atoms with Gasteiger partial charge in [-0.25, -0.2) is 4.79 Å². The SMILES string of the molecule is CCOC(=O)c1ccc(NC(=O)COC(=O)CCC(=O)Nc2ccc(Oc3cc(C)ccc3C(C)C)cc2)cc1. The zero-order valence-corrected chi connectivity index (χ0v) is 23.1. The van der Waals surface area contributed by atoms with Crippen LogP contribution in [0.1, 0.15) is 61.0 Å². The predicted octanol–water partition coefficient (Wildman–Crippen LogP) is 5.99. The Kier molecular flexibility index (Phi) is 10.8. The van der Waals surface area contributed by atoms with Gasteiger partial charge in [0.2, 0.25) is 5.91 Å². The van der Waals surface area contributed by atoms with Crippen molar-refractivity contribution in [2.45, 2.75) is 46.5 Å². The topological polar surface area (TPSA) is 120 Å². The largest absolute Gasteiger partial charge is 0.462 e. The molecule has 0 saturated heterocycles. The van der Waals surface area contributed by atoms with E-state index in [-0.39, 0.29) is 25.4 Å². The maximum absolute atomic E-state index is 12.3. The van der Waals surface area contributed by atoms with Crippen molar-refractivity contribution >= 4 is 35.1 Å². The molecule has 0 unspecified atom stereocenters. The first-order valence-electron chi connectivity index (χ1n) is 13.1. The maximum atomic E-state index is 12.3. The van der Waals surface area contributed by atoms with Crippen molar-refractivity contribution < 1.29 is 33.4 Å². The summed E-state index contributed by atoms with van der Waals surface area (Å²) in [5, 5.41) is 5.30. The van der Waals surface area contributed by atoms with Gasteiger partial charge in [-0.3, -0.25) is 14.4 Å². The van der Waals surface area contributed by atoms with Crippen LogP contribution in [0.25, 0.3) is 0 Å². The van der Waals surface area contributed by atoms with Crippen LogP contribution in [0.4, 0.5) is 11.4 Å². The minimum absolute atomic E-state index is 0.102.